The lowest BCUT2D eigenvalue weighted by molar-refractivity contribution is 0.144. The Balaban J connectivity index is 2.17. The molecule has 0 aliphatic rings. The molecule has 1 N–H and O–H groups in total. The molecule has 0 bridgehead atoms. The average molecular weight is 390 g/mol. The highest BCUT2D eigenvalue weighted by Gasteiger charge is 2.25. The summed E-state index contributed by atoms with van der Waals surface area (Å²) in [6, 6.07) is 4.02. The van der Waals surface area contributed by atoms with E-state index in [1.54, 1.807) is 20.2 Å². The molecule has 0 saturated heterocycles. The number of aliphatic hydroxyl groups excluding tert-OH is 1. The molecule has 5 nitrogen and oxygen atoms in total. The number of aliphatic hydroxyl groups is 1. The molecule has 0 spiro atoms. The van der Waals surface area contributed by atoms with Crippen LogP contribution >= 0.6 is 0 Å². The molecule has 0 amide bonds. The molecule has 1 atom stereocenters. The van der Waals surface area contributed by atoms with Crippen LogP contribution in [0.2, 0.25) is 0 Å². The van der Waals surface area contributed by atoms with Gasteiger partial charge in [0.2, 0.25) is 0 Å². The summed E-state index contributed by atoms with van der Waals surface area (Å²) in [6.45, 7) is 7.77. The first-order valence-corrected chi connectivity index (χ1v) is 8.79. The monoisotopic (exact) mass is 390 g/mol. The Morgan fingerprint density at radius 3 is 2.54 bits per heavy atom. The summed E-state index contributed by atoms with van der Waals surface area (Å²) in [5, 5.41) is 18.4. The zero-order valence-corrected chi connectivity index (χ0v) is 15.8. The van der Waals surface area contributed by atoms with Crippen molar-refractivity contribution in [2.75, 3.05) is 0 Å². The van der Waals surface area contributed by atoms with Crippen LogP contribution < -0.4 is 0 Å². The predicted octanol–water partition coefficient (Wildman–Crippen LogP) is 4.50. The van der Waals surface area contributed by atoms with Crippen molar-refractivity contribution in [2.45, 2.75) is 32.9 Å². The number of aryl methyl sites for hydroxylation is 2. The van der Waals surface area contributed by atoms with Gasteiger partial charge in [0.25, 0.3) is 6.43 Å². The number of aromatic nitrogens is 4. The quantitative estimate of drug-likeness (QED) is 0.675. The first-order chi connectivity index (χ1) is 13.2. The summed E-state index contributed by atoms with van der Waals surface area (Å²) in [5.41, 5.74) is 2.00. The van der Waals surface area contributed by atoms with Gasteiger partial charge in [-0.3, -0.25) is 9.36 Å². The predicted molar refractivity (Wildman–Crippen MR) is 100 cm³/mol. The van der Waals surface area contributed by atoms with Gasteiger partial charge < -0.3 is 5.11 Å². The third kappa shape index (κ3) is 3.60. The van der Waals surface area contributed by atoms with Crippen molar-refractivity contribution >= 4 is 5.57 Å². The Hall–Kier alpha value is -2.87. The normalized spacial score (nSPS) is 12.6. The summed E-state index contributed by atoms with van der Waals surface area (Å²) in [5.74, 6) is -0.486. The third-order valence-corrected chi connectivity index (χ3v) is 4.52. The molecule has 2 aromatic heterocycles. The first-order valence-electron chi connectivity index (χ1n) is 8.79. The van der Waals surface area contributed by atoms with Gasteiger partial charge in [-0.1, -0.05) is 6.58 Å². The summed E-state index contributed by atoms with van der Waals surface area (Å²) >= 11 is 0. The van der Waals surface area contributed by atoms with Crippen molar-refractivity contribution in [2.24, 2.45) is 7.05 Å². The number of benzene rings is 1. The van der Waals surface area contributed by atoms with Crippen LogP contribution in [0, 0.1) is 5.82 Å². The minimum atomic E-state index is -2.75. The topological polar surface area (TPSA) is 55.9 Å². The fraction of sp³-hybridized carbons (Fsp3) is 0.300. The Labute approximate surface area is 160 Å². The minimum Gasteiger partial charge on any atom is -0.389 e. The van der Waals surface area contributed by atoms with Crippen molar-refractivity contribution in [3.8, 4) is 11.3 Å². The highest BCUT2D eigenvalue weighted by molar-refractivity contribution is 5.87. The summed E-state index contributed by atoms with van der Waals surface area (Å²) < 4.78 is 43.6. The lowest BCUT2D eigenvalue weighted by Gasteiger charge is -2.13. The van der Waals surface area contributed by atoms with Crippen molar-refractivity contribution in [3.05, 3.63) is 65.4 Å². The van der Waals surface area contributed by atoms with E-state index in [9.17, 15) is 18.3 Å². The van der Waals surface area contributed by atoms with Crippen LogP contribution in [0.25, 0.3) is 16.8 Å². The van der Waals surface area contributed by atoms with Gasteiger partial charge in [0.05, 0.1) is 6.10 Å². The Bertz CT molecular complexity index is 1020. The molecule has 0 radical (unpaired) electrons. The smallest absolute Gasteiger partial charge is 0.282 e. The highest BCUT2D eigenvalue weighted by Crippen LogP contribution is 2.37. The molecule has 2 heterocycles. The maximum absolute atomic E-state index is 13.7. The fourth-order valence-electron chi connectivity index (χ4n) is 3.14. The van der Waals surface area contributed by atoms with Crippen LogP contribution in [0.4, 0.5) is 13.2 Å². The van der Waals surface area contributed by atoms with Gasteiger partial charge in [0, 0.05) is 42.7 Å². The number of hydrogen-bond acceptors (Lipinski definition) is 3. The van der Waals surface area contributed by atoms with E-state index >= 15 is 0 Å². The van der Waals surface area contributed by atoms with E-state index in [1.165, 1.54) is 40.7 Å². The lowest BCUT2D eigenvalue weighted by Crippen LogP contribution is -1.99. The number of nitrogens with zero attached hydrogens (tertiary/aromatic N) is 4. The molecule has 0 aliphatic heterocycles. The van der Waals surface area contributed by atoms with Gasteiger partial charge in [-0.25, -0.2) is 13.2 Å². The van der Waals surface area contributed by atoms with Crippen molar-refractivity contribution in [3.63, 3.8) is 0 Å². The second-order valence-electron chi connectivity index (χ2n) is 6.54. The van der Waals surface area contributed by atoms with E-state index in [2.05, 4.69) is 16.8 Å². The fourth-order valence-corrected chi connectivity index (χ4v) is 3.14. The molecule has 0 saturated carbocycles. The number of hydrogen-bond donors (Lipinski definition) is 1. The van der Waals surface area contributed by atoms with E-state index < -0.39 is 18.3 Å². The standard InChI is InChI=1S/C20H21F3N4O/c1-5-27-10-17(19(25-27)20(22)23)11(2)16-9-26(4)24-18(16)14-7-6-13(21)8-15(14)12(3)28/h6-10,12,20,28H,2,5H2,1,3-4H3/t12-/m1/s1. The molecule has 0 fully saturated rings. The molecule has 28 heavy (non-hydrogen) atoms. The second kappa shape index (κ2) is 7.63. The van der Waals surface area contributed by atoms with Crippen LogP contribution in [0.5, 0.6) is 0 Å². The van der Waals surface area contributed by atoms with E-state index in [-0.39, 0.29) is 11.3 Å². The minimum absolute atomic E-state index is 0.229. The highest BCUT2D eigenvalue weighted by atomic mass is 19.3. The SMILES string of the molecule is C=C(c1cn(C)nc1-c1ccc(F)cc1[C@@H](C)O)c1cn(CC)nc1C(F)F. The van der Waals surface area contributed by atoms with Crippen LogP contribution in [0.3, 0.4) is 0 Å². The Morgan fingerprint density at radius 2 is 1.93 bits per heavy atom. The van der Waals surface area contributed by atoms with Gasteiger partial charge in [0.15, 0.2) is 0 Å². The van der Waals surface area contributed by atoms with E-state index in [4.69, 9.17) is 0 Å². The molecule has 3 aromatic rings. The molecule has 3 rings (SSSR count). The van der Waals surface area contributed by atoms with Gasteiger partial charge in [0.1, 0.15) is 17.2 Å². The lowest BCUT2D eigenvalue weighted by atomic mass is 9.93. The number of halogens is 3. The van der Waals surface area contributed by atoms with E-state index in [1.807, 2.05) is 0 Å². The van der Waals surface area contributed by atoms with Crippen molar-refractivity contribution in [1.29, 1.82) is 0 Å². The first kappa shape index (κ1) is 19.9. The largest absolute Gasteiger partial charge is 0.389 e. The molecular formula is C20H21F3N4O. The maximum atomic E-state index is 13.7. The molecule has 148 valence electrons. The summed E-state index contributed by atoms with van der Waals surface area (Å²) in [7, 11) is 1.69. The van der Waals surface area contributed by atoms with E-state index in [0.717, 1.165) is 0 Å². The Morgan fingerprint density at radius 1 is 1.21 bits per heavy atom. The number of alkyl halides is 2. The summed E-state index contributed by atoms with van der Waals surface area (Å²) in [4.78, 5) is 0. The zero-order valence-electron chi connectivity index (χ0n) is 15.8. The maximum Gasteiger partial charge on any atom is 0.282 e. The Kier molecular flexibility index (Phi) is 5.42. The molecular weight excluding hydrogens is 369 g/mol. The van der Waals surface area contributed by atoms with Crippen molar-refractivity contribution < 1.29 is 18.3 Å². The molecule has 0 unspecified atom stereocenters. The molecule has 0 aliphatic carbocycles. The zero-order chi connectivity index (χ0) is 20.6. The summed E-state index contributed by atoms with van der Waals surface area (Å²) in [6.07, 6.45) is -0.501. The van der Waals surface area contributed by atoms with Gasteiger partial charge >= 0.3 is 0 Å². The van der Waals surface area contributed by atoms with E-state index in [0.29, 0.717) is 34.5 Å². The van der Waals surface area contributed by atoms with Crippen LogP contribution in [-0.2, 0) is 13.6 Å². The van der Waals surface area contributed by atoms with Crippen LogP contribution in [0.15, 0.2) is 37.2 Å². The second-order valence-corrected chi connectivity index (χ2v) is 6.54. The van der Waals surface area contributed by atoms with Gasteiger partial charge in [-0.15, -0.1) is 0 Å². The van der Waals surface area contributed by atoms with Gasteiger partial charge in [-0.05, 0) is 43.2 Å². The van der Waals surface area contributed by atoms with Crippen LogP contribution in [-0.4, -0.2) is 24.7 Å². The van der Waals surface area contributed by atoms with Crippen molar-refractivity contribution in [1.82, 2.24) is 19.6 Å². The van der Waals surface area contributed by atoms with Crippen LogP contribution in [0.1, 0.15) is 48.8 Å². The van der Waals surface area contributed by atoms with Gasteiger partial charge in [-0.2, -0.15) is 10.2 Å². The average Bonchev–Trinajstić information content (AvgIpc) is 3.24. The number of rotatable bonds is 6. The third-order valence-electron chi connectivity index (χ3n) is 4.52. The molecule has 1 aromatic carbocycles. The molecule has 8 heteroatoms.